The van der Waals surface area contributed by atoms with Crippen molar-refractivity contribution >= 4 is 17.5 Å². The van der Waals surface area contributed by atoms with Crippen molar-refractivity contribution in [3.8, 4) is 11.5 Å². The van der Waals surface area contributed by atoms with Crippen LogP contribution in [0.3, 0.4) is 0 Å². The van der Waals surface area contributed by atoms with Crippen molar-refractivity contribution < 1.29 is 28.7 Å². The van der Waals surface area contributed by atoms with Crippen LogP contribution < -0.4 is 19.3 Å². The van der Waals surface area contributed by atoms with Crippen LogP contribution in [-0.2, 0) is 14.3 Å². The molecule has 7 heteroatoms. The molecule has 2 fully saturated rings. The lowest BCUT2D eigenvalue weighted by Gasteiger charge is -2.27. The lowest BCUT2D eigenvalue weighted by atomic mass is 10.2. The van der Waals surface area contributed by atoms with Gasteiger partial charge in [-0.3, -0.25) is 9.59 Å². The predicted octanol–water partition coefficient (Wildman–Crippen LogP) is -0.749. The molecule has 2 saturated heterocycles. The molecule has 1 N–H and O–H groups in total. The fourth-order valence-corrected chi connectivity index (χ4v) is 3.16. The molecule has 1 atom stereocenters. The van der Waals surface area contributed by atoms with Crippen LogP contribution >= 0.6 is 0 Å². The molecule has 0 aliphatic carbocycles. The first-order valence-corrected chi connectivity index (χ1v) is 7.67. The number of amides is 2. The minimum atomic E-state index is -0.335. The zero-order valence-corrected chi connectivity index (χ0v) is 13.3. The Hall–Kier alpha value is -2.12. The Kier molecular flexibility index (Phi) is 4.49. The van der Waals surface area contributed by atoms with Crippen molar-refractivity contribution in [3.05, 3.63) is 18.2 Å². The van der Waals surface area contributed by atoms with Gasteiger partial charge in [0.1, 0.15) is 24.6 Å². The number of benzene rings is 1. The number of hydrogen-bond acceptors (Lipinski definition) is 5. The van der Waals surface area contributed by atoms with E-state index in [4.69, 9.17) is 14.2 Å². The fraction of sp³-hybridized carbons (Fsp3) is 0.500. The average Bonchev–Trinajstić information content (AvgIpc) is 2.89. The van der Waals surface area contributed by atoms with Gasteiger partial charge in [0, 0.05) is 6.07 Å². The van der Waals surface area contributed by atoms with Crippen LogP contribution in [0.1, 0.15) is 6.42 Å². The minimum Gasteiger partial charge on any atom is -0.497 e. The number of rotatable bonds is 4. The number of anilines is 1. The number of morpholine rings is 1. The number of quaternary nitrogens is 1. The molecule has 124 valence electrons. The van der Waals surface area contributed by atoms with E-state index < -0.39 is 0 Å². The SMILES string of the molecule is COc1ccc(N2C(=O)C[C@@H]([NH+]3CCOCC3)C2=O)c(OC)c1. The van der Waals surface area contributed by atoms with E-state index in [-0.39, 0.29) is 24.3 Å². The van der Waals surface area contributed by atoms with Crippen LogP contribution in [0.25, 0.3) is 0 Å². The Morgan fingerprint density at radius 2 is 1.91 bits per heavy atom. The molecular formula is C16H21N2O5+. The average molecular weight is 321 g/mol. The van der Waals surface area contributed by atoms with Crippen LogP contribution in [0.15, 0.2) is 18.2 Å². The molecule has 23 heavy (non-hydrogen) atoms. The molecule has 0 bridgehead atoms. The molecule has 0 unspecified atom stereocenters. The number of nitrogens with one attached hydrogen (secondary N) is 1. The highest BCUT2D eigenvalue weighted by molar-refractivity contribution is 6.22. The standard InChI is InChI=1S/C16H20N2O5/c1-21-11-3-4-12(14(9-11)22-2)18-15(19)10-13(16(18)20)17-5-7-23-8-6-17/h3-4,9,13H,5-8,10H2,1-2H3/p+1/t13-/m1/s1. The zero-order chi connectivity index (χ0) is 16.4. The fourth-order valence-electron chi connectivity index (χ4n) is 3.16. The highest BCUT2D eigenvalue weighted by Gasteiger charge is 2.46. The molecule has 0 radical (unpaired) electrons. The third-order valence-corrected chi connectivity index (χ3v) is 4.40. The monoisotopic (exact) mass is 321 g/mol. The van der Waals surface area contributed by atoms with Crippen molar-refractivity contribution in [3.63, 3.8) is 0 Å². The van der Waals surface area contributed by atoms with Gasteiger partial charge in [-0.15, -0.1) is 0 Å². The summed E-state index contributed by atoms with van der Waals surface area (Å²) < 4.78 is 15.8. The molecule has 0 aromatic heterocycles. The van der Waals surface area contributed by atoms with E-state index in [1.54, 1.807) is 25.3 Å². The van der Waals surface area contributed by atoms with Gasteiger partial charge in [0.05, 0.1) is 39.5 Å². The molecule has 0 saturated carbocycles. The van der Waals surface area contributed by atoms with Crippen LogP contribution in [0, 0.1) is 0 Å². The van der Waals surface area contributed by atoms with Crippen LogP contribution in [0.2, 0.25) is 0 Å². The maximum atomic E-state index is 12.8. The zero-order valence-electron chi connectivity index (χ0n) is 13.3. The largest absolute Gasteiger partial charge is 0.497 e. The highest BCUT2D eigenvalue weighted by Crippen LogP contribution is 2.34. The van der Waals surface area contributed by atoms with E-state index in [0.717, 1.165) is 18.0 Å². The number of methoxy groups -OCH3 is 2. The first-order valence-electron chi connectivity index (χ1n) is 7.67. The summed E-state index contributed by atoms with van der Waals surface area (Å²) >= 11 is 0. The molecule has 0 spiro atoms. The Morgan fingerprint density at radius 3 is 2.57 bits per heavy atom. The molecule has 2 aliphatic heterocycles. The topological polar surface area (TPSA) is 69.5 Å². The number of carbonyl (C=O) groups is 2. The van der Waals surface area contributed by atoms with E-state index in [1.807, 2.05) is 0 Å². The second kappa shape index (κ2) is 6.55. The second-order valence-electron chi connectivity index (χ2n) is 5.63. The van der Waals surface area contributed by atoms with Gasteiger partial charge in [-0.25, -0.2) is 4.90 Å². The van der Waals surface area contributed by atoms with Gasteiger partial charge < -0.3 is 19.1 Å². The van der Waals surface area contributed by atoms with Gasteiger partial charge in [-0.1, -0.05) is 0 Å². The minimum absolute atomic E-state index is 0.171. The van der Waals surface area contributed by atoms with Crippen molar-refractivity contribution in [1.82, 2.24) is 0 Å². The molecular weight excluding hydrogens is 300 g/mol. The number of carbonyl (C=O) groups excluding carboxylic acids is 2. The van der Waals surface area contributed by atoms with E-state index in [9.17, 15) is 9.59 Å². The number of ether oxygens (including phenoxy) is 3. The van der Waals surface area contributed by atoms with Gasteiger partial charge in [-0.05, 0) is 12.1 Å². The maximum absolute atomic E-state index is 12.8. The third kappa shape index (κ3) is 2.89. The van der Waals surface area contributed by atoms with Crippen molar-refractivity contribution in [1.29, 1.82) is 0 Å². The molecule has 2 amide bonds. The van der Waals surface area contributed by atoms with Crippen molar-refractivity contribution in [2.75, 3.05) is 45.4 Å². The molecule has 2 aliphatic rings. The summed E-state index contributed by atoms with van der Waals surface area (Å²) in [6, 6.07) is 4.74. The Bertz CT molecular complexity index is 612. The molecule has 1 aromatic rings. The predicted molar refractivity (Wildman–Crippen MR) is 82.0 cm³/mol. The summed E-state index contributed by atoms with van der Waals surface area (Å²) in [6.45, 7) is 2.74. The summed E-state index contributed by atoms with van der Waals surface area (Å²) in [5.41, 5.74) is 0.471. The summed E-state index contributed by atoms with van der Waals surface area (Å²) in [6.07, 6.45) is 0.226. The van der Waals surface area contributed by atoms with Gasteiger partial charge in [0.25, 0.3) is 5.91 Å². The summed E-state index contributed by atoms with van der Waals surface area (Å²) in [5, 5.41) is 0. The highest BCUT2D eigenvalue weighted by atomic mass is 16.5. The normalized spacial score (nSPS) is 22.5. The van der Waals surface area contributed by atoms with E-state index >= 15 is 0 Å². The molecule has 2 heterocycles. The van der Waals surface area contributed by atoms with E-state index in [1.165, 1.54) is 12.0 Å². The van der Waals surface area contributed by atoms with Crippen molar-refractivity contribution in [2.45, 2.75) is 12.5 Å². The molecule has 7 nitrogen and oxygen atoms in total. The smallest absolute Gasteiger partial charge is 0.292 e. The van der Waals surface area contributed by atoms with Gasteiger partial charge in [-0.2, -0.15) is 0 Å². The summed E-state index contributed by atoms with van der Waals surface area (Å²) in [5.74, 6) is 0.696. The Labute approximate surface area is 134 Å². The lowest BCUT2D eigenvalue weighted by molar-refractivity contribution is -0.922. The first kappa shape index (κ1) is 15.8. The van der Waals surface area contributed by atoms with Gasteiger partial charge in [0.15, 0.2) is 6.04 Å². The van der Waals surface area contributed by atoms with E-state index in [2.05, 4.69) is 0 Å². The maximum Gasteiger partial charge on any atom is 0.292 e. The van der Waals surface area contributed by atoms with E-state index in [0.29, 0.717) is 30.4 Å². The Morgan fingerprint density at radius 1 is 1.17 bits per heavy atom. The van der Waals surface area contributed by atoms with Crippen LogP contribution in [0.4, 0.5) is 5.69 Å². The van der Waals surface area contributed by atoms with Gasteiger partial charge in [0.2, 0.25) is 5.91 Å². The summed E-state index contributed by atoms with van der Waals surface area (Å²) in [7, 11) is 3.06. The summed E-state index contributed by atoms with van der Waals surface area (Å²) in [4.78, 5) is 27.6. The van der Waals surface area contributed by atoms with Crippen LogP contribution in [0.5, 0.6) is 11.5 Å². The molecule has 3 rings (SSSR count). The molecule has 1 aromatic carbocycles. The first-order chi connectivity index (χ1) is 11.2. The Balaban J connectivity index is 1.88. The van der Waals surface area contributed by atoms with Crippen LogP contribution in [-0.4, -0.2) is 58.4 Å². The third-order valence-electron chi connectivity index (χ3n) is 4.40. The number of imide groups is 1. The van der Waals surface area contributed by atoms with Crippen molar-refractivity contribution in [2.24, 2.45) is 0 Å². The second-order valence-corrected chi connectivity index (χ2v) is 5.63. The lowest BCUT2D eigenvalue weighted by Crippen LogP contribution is -3.18. The quantitative estimate of drug-likeness (QED) is 0.739. The number of nitrogens with zero attached hydrogens (tertiary/aromatic N) is 1. The van der Waals surface area contributed by atoms with Gasteiger partial charge >= 0.3 is 0 Å². The number of hydrogen-bond donors (Lipinski definition) is 1.